The first-order chi connectivity index (χ1) is 14.0. The van der Waals surface area contributed by atoms with E-state index in [1.807, 2.05) is 6.92 Å². The second-order valence-electron chi connectivity index (χ2n) is 7.56. The van der Waals surface area contributed by atoms with Crippen LogP contribution in [0.1, 0.15) is 35.3 Å². The summed E-state index contributed by atoms with van der Waals surface area (Å²) in [6.45, 7) is 6.73. The highest BCUT2D eigenvalue weighted by atomic mass is 32.1. The van der Waals surface area contributed by atoms with Gasteiger partial charge in [-0.2, -0.15) is 0 Å². The van der Waals surface area contributed by atoms with Crippen LogP contribution in [0.3, 0.4) is 0 Å². The molecule has 2 saturated heterocycles. The maximum absolute atomic E-state index is 12.9. The molecule has 9 heteroatoms. The number of anilines is 2. The molecule has 2 fully saturated rings. The molecule has 0 N–H and O–H groups in total. The summed E-state index contributed by atoms with van der Waals surface area (Å²) >= 11 is 1.66. The summed E-state index contributed by atoms with van der Waals surface area (Å²) in [5, 5.41) is 14.6. The average molecular weight is 416 g/mol. The Morgan fingerprint density at radius 2 is 1.79 bits per heavy atom. The highest BCUT2D eigenvalue weighted by Crippen LogP contribution is 2.29. The van der Waals surface area contributed by atoms with E-state index in [4.69, 9.17) is 0 Å². The van der Waals surface area contributed by atoms with E-state index in [0.29, 0.717) is 13.1 Å². The van der Waals surface area contributed by atoms with Crippen molar-refractivity contribution in [3.63, 3.8) is 0 Å². The van der Waals surface area contributed by atoms with Gasteiger partial charge in [0.25, 0.3) is 11.6 Å². The number of thiazole rings is 1. The fraction of sp³-hybridized carbons (Fsp3) is 0.500. The maximum Gasteiger partial charge on any atom is 0.282 e. The van der Waals surface area contributed by atoms with Gasteiger partial charge in [-0.25, -0.2) is 4.98 Å². The summed E-state index contributed by atoms with van der Waals surface area (Å²) < 4.78 is 0. The van der Waals surface area contributed by atoms with E-state index in [0.717, 1.165) is 62.0 Å². The molecule has 2 aliphatic rings. The van der Waals surface area contributed by atoms with Gasteiger partial charge in [0.2, 0.25) is 0 Å². The highest BCUT2D eigenvalue weighted by molar-refractivity contribution is 7.13. The standard InChI is InChI=1S/C20H25N5O3S/c1-15-14-29-20(21-15)24-10-4-9-22(11-12-24)16-5-6-18(25(27)28)17(13-16)19(26)23-7-2-3-8-23/h5-6,13-14H,2-4,7-12H2,1H3. The van der Waals surface area contributed by atoms with Crippen LogP contribution in [0.25, 0.3) is 0 Å². The van der Waals surface area contributed by atoms with E-state index < -0.39 is 4.92 Å². The second-order valence-corrected chi connectivity index (χ2v) is 8.39. The van der Waals surface area contributed by atoms with E-state index in [2.05, 4.69) is 20.2 Å². The molecule has 0 bridgehead atoms. The third kappa shape index (κ3) is 4.19. The Morgan fingerprint density at radius 1 is 1.07 bits per heavy atom. The van der Waals surface area contributed by atoms with Gasteiger partial charge in [0.15, 0.2) is 5.13 Å². The zero-order chi connectivity index (χ0) is 20.4. The fourth-order valence-corrected chi connectivity index (χ4v) is 4.85. The molecular formula is C20H25N5O3S. The minimum atomic E-state index is -0.456. The number of hydrogen-bond donors (Lipinski definition) is 0. The highest BCUT2D eigenvalue weighted by Gasteiger charge is 2.28. The molecule has 154 valence electrons. The Kier molecular flexibility index (Phi) is 5.66. The number of rotatable bonds is 4. The summed E-state index contributed by atoms with van der Waals surface area (Å²) in [5.41, 5.74) is 1.99. The number of aryl methyl sites for hydroxylation is 1. The monoisotopic (exact) mass is 415 g/mol. The lowest BCUT2D eigenvalue weighted by Crippen LogP contribution is -2.31. The van der Waals surface area contributed by atoms with E-state index in [1.54, 1.807) is 28.4 Å². The molecule has 1 aromatic carbocycles. The van der Waals surface area contributed by atoms with Crippen molar-refractivity contribution in [2.24, 2.45) is 0 Å². The molecule has 0 spiro atoms. The smallest absolute Gasteiger partial charge is 0.282 e. The van der Waals surface area contributed by atoms with Crippen molar-refractivity contribution in [1.82, 2.24) is 9.88 Å². The second kappa shape index (κ2) is 8.36. The Bertz CT molecular complexity index is 909. The third-order valence-electron chi connectivity index (χ3n) is 5.54. The zero-order valence-electron chi connectivity index (χ0n) is 16.5. The zero-order valence-corrected chi connectivity index (χ0v) is 17.4. The predicted molar refractivity (Wildman–Crippen MR) is 114 cm³/mol. The SMILES string of the molecule is Cc1csc(N2CCCN(c3ccc([N+](=O)[O-])c(C(=O)N4CCCC4)c3)CC2)n1. The number of carbonyl (C=O) groups is 1. The van der Waals surface area contributed by atoms with E-state index in [1.165, 1.54) is 6.07 Å². The molecule has 1 amide bonds. The van der Waals surface area contributed by atoms with Crippen molar-refractivity contribution in [1.29, 1.82) is 0 Å². The molecule has 0 saturated carbocycles. The minimum absolute atomic E-state index is 0.111. The van der Waals surface area contributed by atoms with Crippen LogP contribution in [-0.2, 0) is 0 Å². The molecule has 0 atom stereocenters. The van der Waals surface area contributed by atoms with E-state index in [-0.39, 0.29) is 17.2 Å². The molecular weight excluding hydrogens is 390 g/mol. The van der Waals surface area contributed by atoms with Gasteiger partial charge in [0.05, 0.1) is 10.6 Å². The molecule has 29 heavy (non-hydrogen) atoms. The lowest BCUT2D eigenvalue weighted by Gasteiger charge is -2.24. The molecule has 0 unspecified atom stereocenters. The number of aromatic nitrogens is 1. The van der Waals surface area contributed by atoms with Crippen LogP contribution in [0, 0.1) is 17.0 Å². The van der Waals surface area contributed by atoms with Gasteiger partial charge >= 0.3 is 0 Å². The van der Waals surface area contributed by atoms with Crippen LogP contribution >= 0.6 is 11.3 Å². The molecule has 8 nitrogen and oxygen atoms in total. The maximum atomic E-state index is 12.9. The van der Waals surface area contributed by atoms with Crippen LogP contribution in [0.2, 0.25) is 0 Å². The van der Waals surface area contributed by atoms with Gasteiger partial charge in [0, 0.05) is 56.4 Å². The summed E-state index contributed by atoms with van der Waals surface area (Å²) in [6.07, 6.45) is 2.87. The Balaban J connectivity index is 1.55. The van der Waals surface area contributed by atoms with Crippen molar-refractivity contribution < 1.29 is 9.72 Å². The lowest BCUT2D eigenvalue weighted by molar-refractivity contribution is -0.385. The lowest BCUT2D eigenvalue weighted by atomic mass is 10.1. The number of hydrogen-bond acceptors (Lipinski definition) is 7. The van der Waals surface area contributed by atoms with Crippen LogP contribution in [0.5, 0.6) is 0 Å². The van der Waals surface area contributed by atoms with Crippen LogP contribution in [0.4, 0.5) is 16.5 Å². The summed E-state index contributed by atoms with van der Waals surface area (Å²) in [7, 11) is 0. The van der Waals surface area contributed by atoms with Crippen LogP contribution in [0.15, 0.2) is 23.6 Å². The molecule has 3 heterocycles. The Hall–Kier alpha value is -2.68. The molecule has 2 aromatic rings. The molecule has 1 aromatic heterocycles. The van der Waals surface area contributed by atoms with Gasteiger partial charge in [-0.05, 0) is 38.3 Å². The number of likely N-dealkylation sites (tertiary alicyclic amines) is 1. The molecule has 2 aliphatic heterocycles. The third-order valence-corrected chi connectivity index (χ3v) is 6.56. The number of benzene rings is 1. The average Bonchev–Trinajstić information content (AvgIpc) is 3.34. The Morgan fingerprint density at radius 3 is 2.48 bits per heavy atom. The van der Waals surface area contributed by atoms with Crippen molar-refractivity contribution in [2.45, 2.75) is 26.2 Å². The predicted octanol–water partition coefficient (Wildman–Crippen LogP) is 3.31. The molecule has 0 aliphatic carbocycles. The fourth-order valence-electron chi connectivity index (χ4n) is 4.00. The van der Waals surface area contributed by atoms with Gasteiger partial charge in [-0.1, -0.05) is 0 Å². The van der Waals surface area contributed by atoms with Crippen molar-refractivity contribution >= 4 is 33.8 Å². The topological polar surface area (TPSA) is 82.8 Å². The normalized spacial score (nSPS) is 17.5. The number of nitro benzene ring substituents is 1. The first-order valence-electron chi connectivity index (χ1n) is 10.0. The number of amides is 1. The van der Waals surface area contributed by atoms with E-state index >= 15 is 0 Å². The van der Waals surface area contributed by atoms with Gasteiger partial charge in [0.1, 0.15) is 5.56 Å². The van der Waals surface area contributed by atoms with Crippen molar-refractivity contribution in [3.05, 3.63) is 45.0 Å². The van der Waals surface area contributed by atoms with E-state index in [9.17, 15) is 14.9 Å². The van der Waals surface area contributed by atoms with Crippen LogP contribution < -0.4 is 9.80 Å². The first-order valence-corrected chi connectivity index (χ1v) is 10.9. The summed E-state index contributed by atoms with van der Waals surface area (Å²) in [6, 6.07) is 4.95. The number of nitrogens with zero attached hydrogens (tertiary/aromatic N) is 5. The van der Waals surface area contributed by atoms with Gasteiger partial charge in [-0.3, -0.25) is 14.9 Å². The van der Waals surface area contributed by atoms with Crippen molar-refractivity contribution in [3.8, 4) is 0 Å². The van der Waals surface area contributed by atoms with Crippen molar-refractivity contribution in [2.75, 3.05) is 49.1 Å². The number of carbonyl (C=O) groups excluding carboxylic acids is 1. The van der Waals surface area contributed by atoms with Gasteiger partial charge < -0.3 is 14.7 Å². The van der Waals surface area contributed by atoms with Gasteiger partial charge in [-0.15, -0.1) is 11.3 Å². The summed E-state index contributed by atoms with van der Waals surface area (Å²) in [5.74, 6) is -0.231. The molecule has 0 radical (unpaired) electrons. The quantitative estimate of drug-likeness (QED) is 0.563. The largest absolute Gasteiger partial charge is 0.370 e. The molecule has 4 rings (SSSR count). The van der Waals surface area contributed by atoms with Crippen LogP contribution in [-0.4, -0.2) is 60.0 Å². The minimum Gasteiger partial charge on any atom is -0.370 e. The Labute approximate surface area is 173 Å². The first kappa shape index (κ1) is 19.6. The summed E-state index contributed by atoms with van der Waals surface area (Å²) in [4.78, 5) is 34.8. The number of nitro groups is 1.